The maximum absolute atomic E-state index is 13.5. The summed E-state index contributed by atoms with van der Waals surface area (Å²) < 4.78 is 126. The minimum atomic E-state index is -5.10. The van der Waals surface area contributed by atoms with E-state index < -0.39 is 51.0 Å². The fourth-order valence-electron chi connectivity index (χ4n) is 3.19. The summed E-state index contributed by atoms with van der Waals surface area (Å²) in [5, 5.41) is 0. The van der Waals surface area contributed by atoms with Crippen molar-refractivity contribution in [3.8, 4) is 5.75 Å². The number of halogens is 9. The van der Waals surface area contributed by atoms with E-state index in [1.807, 2.05) is 0 Å². The molecule has 0 saturated heterocycles. The van der Waals surface area contributed by atoms with Crippen molar-refractivity contribution in [2.24, 2.45) is 0 Å². The Kier molecular flexibility index (Phi) is 6.89. The summed E-state index contributed by atoms with van der Waals surface area (Å²) in [6.07, 6.45) is -15.0. The van der Waals surface area contributed by atoms with Gasteiger partial charge in [-0.1, -0.05) is 0 Å². The lowest BCUT2D eigenvalue weighted by atomic mass is 10.1. The van der Waals surface area contributed by atoms with E-state index in [0.717, 1.165) is 12.1 Å². The molecule has 3 aromatic rings. The van der Waals surface area contributed by atoms with Crippen molar-refractivity contribution < 1.29 is 44.3 Å². The minimum absolute atomic E-state index is 0.0174. The highest BCUT2D eigenvalue weighted by Crippen LogP contribution is 2.42. The number of hydrogen-bond acceptors (Lipinski definition) is 1. The van der Waals surface area contributed by atoms with E-state index in [0.29, 0.717) is 17.9 Å². The molecule has 0 aliphatic rings. The van der Waals surface area contributed by atoms with Crippen LogP contribution in [0.1, 0.15) is 22.3 Å². The third kappa shape index (κ3) is 5.81. The Labute approximate surface area is 191 Å². The van der Waals surface area contributed by atoms with Gasteiger partial charge in [0.1, 0.15) is 5.75 Å². The molecule has 0 radical (unpaired) electrons. The summed E-state index contributed by atoms with van der Waals surface area (Å²) in [7, 11) is -0.371. The van der Waals surface area contributed by atoms with Crippen LogP contribution < -0.4 is 4.74 Å². The minimum Gasteiger partial charge on any atom is -0.497 e. The van der Waals surface area contributed by atoms with Gasteiger partial charge in [-0.05, 0) is 55.0 Å². The van der Waals surface area contributed by atoms with E-state index >= 15 is 0 Å². The Morgan fingerprint density at radius 3 is 1.38 bits per heavy atom. The molecule has 1 unspecified atom stereocenters. The molecule has 11 heteroatoms. The van der Waals surface area contributed by atoms with Crippen LogP contribution in [0.15, 0.2) is 75.4 Å². The van der Waals surface area contributed by atoms with Gasteiger partial charge in [0.2, 0.25) is 0 Å². The number of rotatable bonds is 4. The predicted octanol–water partition coefficient (Wildman–Crippen LogP) is 8.16. The number of benzene rings is 3. The second-order valence-corrected chi connectivity index (χ2v) is 9.28. The molecule has 0 amide bonds. The largest absolute Gasteiger partial charge is 0.497 e. The summed E-state index contributed by atoms with van der Waals surface area (Å²) in [5.74, 6) is 0.354. The van der Waals surface area contributed by atoms with E-state index in [9.17, 15) is 39.5 Å². The fraction of sp³-hybridized carbons (Fsp3) is 0.217. The zero-order chi connectivity index (χ0) is 25.5. The first-order valence-electron chi connectivity index (χ1n) is 9.46. The van der Waals surface area contributed by atoms with Gasteiger partial charge in [-0.25, -0.2) is 0 Å². The van der Waals surface area contributed by atoms with Gasteiger partial charge in [-0.3, -0.25) is 0 Å². The Hall–Kier alpha value is -2.82. The van der Waals surface area contributed by atoms with Crippen LogP contribution in [-0.4, -0.2) is 7.11 Å². The lowest BCUT2D eigenvalue weighted by molar-refractivity contribution is -0.143. The van der Waals surface area contributed by atoms with Crippen LogP contribution in [0.3, 0.4) is 0 Å². The fourth-order valence-corrected chi connectivity index (χ4v) is 5.46. The van der Waals surface area contributed by atoms with Gasteiger partial charge in [-0.2, -0.15) is 39.5 Å². The van der Waals surface area contributed by atoms with Gasteiger partial charge in [0, 0.05) is 18.2 Å². The molecule has 0 N–H and O–H groups in total. The van der Waals surface area contributed by atoms with Gasteiger partial charge in [0.25, 0.3) is 0 Å². The zero-order valence-corrected chi connectivity index (χ0v) is 18.3. The molecule has 182 valence electrons. The smallest absolute Gasteiger partial charge is 0.416 e. The average molecular weight is 511 g/mol. The highest BCUT2D eigenvalue weighted by Gasteiger charge is 2.41. The molecular formula is C23H16F9OS+. The van der Waals surface area contributed by atoms with Crippen LogP contribution in [0.4, 0.5) is 39.5 Å². The molecule has 0 spiro atoms. The molecule has 0 saturated carbocycles. The van der Waals surface area contributed by atoms with Gasteiger partial charge < -0.3 is 4.74 Å². The molecule has 0 fully saturated rings. The first kappa shape index (κ1) is 25.8. The van der Waals surface area contributed by atoms with Gasteiger partial charge in [0.05, 0.1) is 34.7 Å². The Morgan fingerprint density at radius 2 is 0.971 bits per heavy atom. The van der Waals surface area contributed by atoms with Crippen molar-refractivity contribution in [3.63, 3.8) is 0 Å². The van der Waals surface area contributed by atoms with Gasteiger partial charge >= 0.3 is 18.5 Å². The van der Waals surface area contributed by atoms with Crippen molar-refractivity contribution in [2.45, 2.75) is 40.1 Å². The van der Waals surface area contributed by atoms with Crippen molar-refractivity contribution in [2.75, 3.05) is 7.11 Å². The molecule has 3 rings (SSSR count). The lowest BCUT2D eigenvalue weighted by Gasteiger charge is -2.16. The van der Waals surface area contributed by atoms with Gasteiger partial charge in [0.15, 0.2) is 14.7 Å². The zero-order valence-electron chi connectivity index (χ0n) is 17.5. The molecule has 0 aromatic heterocycles. The van der Waals surface area contributed by atoms with Crippen molar-refractivity contribution in [3.05, 3.63) is 82.9 Å². The van der Waals surface area contributed by atoms with Crippen LogP contribution in [0.25, 0.3) is 0 Å². The molecule has 1 nitrogen and oxygen atoms in total. The first-order valence-corrected chi connectivity index (χ1v) is 10.7. The third-order valence-corrected chi connectivity index (χ3v) is 6.86. The van der Waals surface area contributed by atoms with E-state index in [-0.39, 0.29) is 21.4 Å². The molecule has 0 aliphatic carbocycles. The second-order valence-electron chi connectivity index (χ2n) is 7.26. The van der Waals surface area contributed by atoms with Crippen LogP contribution in [0, 0.1) is 6.92 Å². The molecule has 1 atom stereocenters. The van der Waals surface area contributed by atoms with E-state index in [1.54, 1.807) is 0 Å². The van der Waals surface area contributed by atoms with Gasteiger partial charge in [-0.15, -0.1) is 0 Å². The summed E-state index contributed by atoms with van der Waals surface area (Å²) in [5.41, 5.74) is -4.01. The van der Waals surface area contributed by atoms with Crippen molar-refractivity contribution in [1.29, 1.82) is 0 Å². The van der Waals surface area contributed by atoms with E-state index in [2.05, 4.69) is 0 Å². The molecule has 34 heavy (non-hydrogen) atoms. The summed E-state index contributed by atoms with van der Waals surface area (Å²) in [6, 6.07) is 9.61. The van der Waals surface area contributed by atoms with E-state index in [1.165, 1.54) is 44.4 Å². The van der Waals surface area contributed by atoms with Crippen LogP contribution in [-0.2, 0) is 29.4 Å². The Bertz CT molecular complexity index is 1130. The number of hydrogen-bond donors (Lipinski definition) is 0. The van der Waals surface area contributed by atoms with Crippen LogP contribution >= 0.6 is 0 Å². The quantitative estimate of drug-likeness (QED) is 0.254. The average Bonchev–Trinajstić information content (AvgIpc) is 2.72. The Balaban J connectivity index is 2.34. The number of ether oxygens (including phenoxy) is 1. The monoisotopic (exact) mass is 511 g/mol. The van der Waals surface area contributed by atoms with Crippen molar-refractivity contribution in [1.82, 2.24) is 0 Å². The summed E-state index contributed by atoms with van der Waals surface area (Å²) >= 11 is 0. The number of alkyl halides is 9. The van der Waals surface area contributed by atoms with Crippen LogP contribution in [0.5, 0.6) is 5.75 Å². The molecule has 0 bridgehead atoms. The maximum atomic E-state index is 13.5. The SMILES string of the molecule is COc1ccc([S+](c2cc(C)cc(C(F)(F)F)c2)c2cc(C(F)(F)F)cc(C(F)(F)F)c2)cc1. The third-order valence-electron chi connectivity index (χ3n) is 4.71. The van der Waals surface area contributed by atoms with Crippen LogP contribution in [0.2, 0.25) is 0 Å². The standard InChI is InChI=1S/C23H16F9OS/c1-13-7-14(21(24,25)26)10-19(8-13)34(18-5-3-17(33-2)4-6-18)20-11-15(22(27,28)29)9-16(12-20)23(30,31)32/h3-12H,1-2H3/q+1. The lowest BCUT2D eigenvalue weighted by Crippen LogP contribution is -2.15. The molecule has 0 aliphatic heterocycles. The highest BCUT2D eigenvalue weighted by molar-refractivity contribution is 7.97. The number of methoxy groups -OCH3 is 1. The predicted molar refractivity (Wildman–Crippen MR) is 108 cm³/mol. The maximum Gasteiger partial charge on any atom is 0.416 e. The van der Waals surface area contributed by atoms with Crippen molar-refractivity contribution >= 4 is 10.9 Å². The Morgan fingerprint density at radius 1 is 0.559 bits per heavy atom. The first-order chi connectivity index (χ1) is 15.6. The highest BCUT2D eigenvalue weighted by atomic mass is 32.2. The van der Waals surface area contributed by atoms with E-state index in [4.69, 9.17) is 4.74 Å². The second kappa shape index (κ2) is 9.09. The molecular weight excluding hydrogens is 495 g/mol. The summed E-state index contributed by atoms with van der Waals surface area (Å²) in [6.45, 7) is 1.36. The molecule has 3 aromatic carbocycles. The topological polar surface area (TPSA) is 9.23 Å². The number of aryl methyl sites for hydroxylation is 1. The molecule has 0 heterocycles. The normalized spacial score (nSPS) is 13.6. The summed E-state index contributed by atoms with van der Waals surface area (Å²) in [4.78, 5) is -0.289.